The summed E-state index contributed by atoms with van der Waals surface area (Å²) >= 11 is 5.79. The molecule has 0 aliphatic rings. The summed E-state index contributed by atoms with van der Waals surface area (Å²) < 4.78 is 28.2. The second kappa shape index (κ2) is 5.12. The zero-order valence-corrected chi connectivity index (χ0v) is 8.10. The lowest BCUT2D eigenvalue weighted by atomic mass is 10.2. The Balaban J connectivity index is 2.53. The van der Waals surface area contributed by atoms with Crippen LogP contribution in [0.15, 0.2) is 18.2 Å². The highest BCUT2D eigenvalue weighted by atomic mass is 35.5. The quantitative estimate of drug-likeness (QED) is 0.794. The Morgan fingerprint density at radius 3 is 2.79 bits per heavy atom. The first-order chi connectivity index (χ1) is 6.59. The van der Waals surface area contributed by atoms with Gasteiger partial charge in [0.15, 0.2) is 0 Å². The van der Waals surface area contributed by atoms with Crippen molar-refractivity contribution in [3.8, 4) is 0 Å². The van der Waals surface area contributed by atoms with Crippen LogP contribution in [0.2, 0.25) is 5.02 Å². The van der Waals surface area contributed by atoms with Crippen molar-refractivity contribution >= 4 is 17.3 Å². The molecule has 0 heterocycles. The average Bonchev–Trinajstić information content (AvgIpc) is 2.10. The Morgan fingerprint density at radius 2 is 2.14 bits per heavy atom. The number of nitrogen functional groups attached to an aromatic ring is 1. The lowest BCUT2D eigenvalue weighted by Gasteiger charge is -2.06. The molecule has 0 aliphatic heterocycles. The number of rotatable bonds is 4. The van der Waals surface area contributed by atoms with E-state index in [1.807, 2.05) is 0 Å². The SMILES string of the molecule is Nc1ccc(Cl)c(COCC(F)F)c1. The standard InChI is InChI=1S/C9H10ClF2NO/c10-8-2-1-7(13)3-6(8)4-14-5-9(11)12/h1-3,9H,4-5,13H2. The second-order valence-corrected chi connectivity index (χ2v) is 3.16. The molecule has 78 valence electrons. The summed E-state index contributed by atoms with van der Waals surface area (Å²) in [7, 11) is 0. The zero-order valence-electron chi connectivity index (χ0n) is 7.34. The number of alkyl halides is 2. The lowest BCUT2D eigenvalue weighted by Crippen LogP contribution is -2.04. The van der Waals surface area contributed by atoms with Crippen LogP contribution in [0.4, 0.5) is 14.5 Å². The number of ether oxygens (including phenoxy) is 1. The van der Waals surface area contributed by atoms with E-state index in [1.54, 1.807) is 18.2 Å². The molecule has 0 saturated heterocycles. The molecule has 0 fully saturated rings. The first-order valence-electron chi connectivity index (χ1n) is 3.99. The fourth-order valence-corrected chi connectivity index (χ4v) is 1.14. The van der Waals surface area contributed by atoms with Crippen LogP contribution in [0.3, 0.4) is 0 Å². The number of hydrogen-bond donors (Lipinski definition) is 1. The maximum absolute atomic E-state index is 11.7. The minimum Gasteiger partial charge on any atom is -0.399 e. The van der Waals surface area contributed by atoms with Gasteiger partial charge in [0.25, 0.3) is 6.43 Å². The highest BCUT2D eigenvalue weighted by Gasteiger charge is 2.04. The molecule has 1 aromatic carbocycles. The van der Waals surface area contributed by atoms with E-state index in [1.165, 1.54) is 0 Å². The topological polar surface area (TPSA) is 35.2 Å². The van der Waals surface area contributed by atoms with Gasteiger partial charge in [0.1, 0.15) is 6.61 Å². The summed E-state index contributed by atoms with van der Waals surface area (Å²) in [5.41, 5.74) is 6.65. The van der Waals surface area contributed by atoms with Crippen LogP contribution in [0.5, 0.6) is 0 Å². The van der Waals surface area contributed by atoms with Crippen molar-refractivity contribution in [2.45, 2.75) is 13.0 Å². The van der Waals surface area contributed by atoms with Gasteiger partial charge < -0.3 is 10.5 Å². The lowest BCUT2D eigenvalue weighted by molar-refractivity contribution is 0.00992. The van der Waals surface area contributed by atoms with E-state index in [-0.39, 0.29) is 6.61 Å². The van der Waals surface area contributed by atoms with E-state index >= 15 is 0 Å². The highest BCUT2D eigenvalue weighted by Crippen LogP contribution is 2.19. The Labute approximate surface area is 85.6 Å². The molecule has 0 saturated carbocycles. The highest BCUT2D eigenvalue weighted by molar-refractivity contribution is 6.31. The van der Waals surface area contributed by atoms with Gasteiger partial charge in [-0.05, 0) is 23.8 Å². The summed E-state index contributed by atoms with van der Waals surface area (Å²) in [5.74, 6) is 0. The van der Waals surface area contributed by atoms with Crippen LogP contribution in [0.1, 0.15) is 5.56 Å². The Morgan fingerprint density at radius 1 is 1.43 bits per heavy atom. The van der Waals surface area contributed by atoms with Gasteiger partial charge >= 0.3 is 0 Å². The van der Waals surface area contributed by atoms with Crippen molar-refractivity contribution in [2.75, 3.05) is 12.3 Å². The van der Waals surface area contributed by atoms with E-state index in [2.05, 4.69) is 0 Å². The van der Waals surface area contributed by atoms with Crippen LogP contribution in [-0.4, -0.2) is 13.0 Å². The molecule has 0 amide bonds. The van der Waals surface area contributed by atoms with Gasteiger partial charge in [-0.15, -0.1) is 0 Å². The van der Waals surface area contributed by atoms with Gasteiger partial charge in [-0.2, -0.15) is 0 Å². The van der Waals surface area contributed by atoms with Crippen LogP contribution >= 0.6 is 11.6 Å². The molecule has 0 unspecified atom stereocenters. The molecule has 2 N–H and O–H groups in total. The minimum atomic E-state index is -2.46. The third-order valence-corrected chi connectivity index (χ3v) is 1.94. The van der Waals surface area contributed by atoms with Gasteiger partial charge in [0.05, 0.1) is 6.61 Å². The maximum Gasteiger partial charge on any atom is 0.261 e. The van der Waals surface area contributed by atoms with Crippen LogP contribution < -0.4 is 5.73 Å². The van der Waals surface area contributed by atoms with Crippen LogP contribution in [-0.2, 0) is 11.3 Å². The predicted octanol–water partition coefficient (Wildman–Crippen LogP) is 2.70. The Hall–Kier alpha value is -0.870. The molecule has 14 heavy (non-hydrogen) atoms. The molecule has 0 bridgehead atoms. The summed E-state index contributed by atoms with van der Waals surface area (Å²) in [4.78, 5) is 0. The molecule has 1 rings (SSSR count). The molecule has 1 aromatic rings. The first-order valence-corrected chi connectivity index (χ1v) is 4.37. The van der Waals surface area contributed by atoms with Crippen molar-refractivity contribution in [3.63, 3.8) is 0 Å². The fraction of sp³-hybridized carbons (Fsp3) is 0.333. The van der Waals surface area contributed by atoms with Crippen molar-refractivity contribution in [3.05, 3.63) is 28.8 Å². The molecule has 0 spiro atoms. The number of benzene rings is 1. The molecular formula is C9H10ClF2NO. The normalized spacial score (nSPS) is 10.9. The van der Waals surface area contributed by atoms with Crippen LogP contribution in [0.25, 0.3) is 0 Å². The number of hydrogen-bond acceptors (Lipinski definition) is 2. The molecule has 0 atom stereocenters. The molecular weight excluding hydrogens is 212 g/mol. The smallest absolute Gasteiger partial charge is 0.261 e. The second-order valence-electron chi connectivity index (χ2n) is 2.76. The minimum absolute atomic E-state index is 0.0498. The van der Waals surface area contributed by atoms with E-state index in [0.717, 1.165) is 0 Å². The molecule has 2 nitrogen and oxygen atoms in total. The summed E-state index contributed by atoms with van der Waals surface area (Å²) in [6.45, 7) is -0.542. The summed E-state index contributed by atoms with van der Waals surface area (Å²) in [6, 6.07) is 4.85. The monoisotopic (exact) mass is 221 g/mol. The van der Waals surface area contributed by atoms with E-state index in [0.29, 0.717) is 16.3 Å². The van der Waals surface area contributed by atoms with Crippen molar-refractivity contribution in [2.24, 2.45) is 0 Å². The maximum atomic E-state index is 11.7. The van der Waals surface area contributed by atoms with Crippen molar-refractivity contribution in [1.29, 1.82) is 0 Å². The van der Waals surface area contributed by atoms with Gasteiger partial charge in [-0.25, -0.2) is 8.78 Å². The van der Waals surface area contributed by atoms with Crippen molar-refractivity contribution in [1.82, 2.24) is 0 Å². The summed E-state index contributed by atoms with van der Waals surface area (Å²) in [5, 5.41) is 0.466. The van der Waals surface area contributed by atoms with Gasteiger partial charge in [0, 0.05) is 10.7 Å². The predicted molar refractivity (Wildman–Crippen MR) is 51.5 cm³/mol. The molecule has 0 radical (unpaired) electrons. The van der Waals surface area contributed by atoms with E-state index in [4.69, 9.17) is 22.1 Å². The van der Waals surface area contributed by atoms with E-state index < -0.39 is 13.0 Å². The third-order valence-electron chi connectivity index (χ3n) is 1.57. The Kier molecular flexibility index (Phi) is 4.10. The van der Waals surface area contributed by atoms with Gasteiger partial charge in [-0.3, -0.25) is 0 Å². The number of anilines is 1. The third kappa shape index (κ3) is 3.47. The molecule has 0 aliphatic carbocycles. The van der Waals surface area contributed by atoms with E-state index in [9.17, 15) is 8.78 Å². The fourth-order valence-electron chi connectivity index (χ4n) is 0.963. The molecule has 5 heteroatoms. The van der Waals surface area contributed by atoms with Gasteiger partial charge in [-0.1, -0.05) is 11.6 Å². The largest absolute Gasteiger partial charge is 0.399 e. The average molecular weight is 222 g/mol. The zero-order chi connectivity index (χ0) is 10.6. The number of nitrogens with two attached hydrogens (primary N) is 1. The molecule has 0 aromatic heterocycles. The summed E-state index contributed by atoms with van der Waals surface area (Å²) in [6.07, 6.45) is -2.46. The van der Waals surface area contributed by atoms with Crippen LogP contribution in [0, 0.1) is 0 Å². The Bertz CT molecular complexity index is 307. The van der Waals surface area contributed by atoms with Gasteiger partial charge in [0.2, 0.25) is 0 Å². The number of halogens is 3. The first kappa shape index (κ1) is 11.2. The van der Waals surface area contributed by atoms with Crippen molar-refractivity contribution < 1.29 is 13.5 Å².